The van der Waals surface area contributed by atoms with Gasteiger partial charge in [-0.1, -0.05) is 41.4 Å². The first-order valence-electron chi connectivity index (χ1n) is 3.86. The molecule has 0 amide bonds. The zero-order valence-electron chi connectivity index (χ0n) is 6.96. The Balaban J connectivity index is 2.23. The highest BCUT2D eigenvalue weighted by atomic mass is 35.5. The fraction of sp³-hybridized carbons (Fsp3) is 0. The van der Waals surface area contributed by atoms with E-state index in [0.29, 0.717) is 5.75 Å². The van der Waals surface area contributed by atoms with Crippen LogP contribution in [0.15, 0.2) is 34.7 Å². The lowest BCUT2D eigenvalue weighted by molar-refractivity contribution is 0.344. The van der Waals surface area contributed by atoms with Crippen molar-refractivity contribution in [1.82, 2.24) is 0 Å². The molecule has 2 aromatic rings. The van der Waals surface area contributed by atoms with Gasteiger partial charge in [0.05, 0.1) is 0 Å². The fourth-order valence-corrected chi connectivity index (χ4v) is 1.16. The fourth-order valence-electron chi connectivity index (χ4n) is 0.932. The van der Waals surface area contributed by atoms with Gasteiger partial charge in [-0.2, -0.15) is 0 Å². The van der Waals surface area contributed by atoms with Gasteiger partial charge in [0.1, 0.15) is 15.8 Å². The van der Waals surface area contributed by atoms with Gasteiger partial charge >= 0.3 is 5.95 Å². The predicted octanol–water partition coefficient (Wildman–Crippen LogP) is 4.18. The summed E-state index contributed by atoms with van der Waals surface area (Å²) in [5.74, 6) is 0.789. The van der Waals surface area contributed by atoms with Gasteiger partial charge in [0.25, 0.3) is 0 Å². The molecule has 0 spiro atoms. The van der Waals surface area contributed by atoms with E-state index in [9.17, 15) is 0 Å². The number of hydrogen-bond acceptors (Lipinski definition) is 2. The van der Waals surface area contributed by atoms with Gasteiger partial charge in [-0.05, 0) is 12.1 Å². The molecule has 0 saturated heterocycles. The molecule has 0 atom stereocenters. The minimum Gasteiger partial charge on any atom is -0.425 e. The molecule has 2 nitrogen and oxygen atoms in total. The van der Waals surface area contributed by atoms with Crippen LogP contribution in [0, 0.1) is 6.26 Å². The van der Waals surface area contributed by atoms with Gasteiger partial charge in [-0.15, -0.1) is 0 Å². The highest BCUT2D eigenvalue weighted by Crippen LogP contribution is 2.35. The van der Waals surface area contributed by atoms with Crippen molar-refractivity contribution in [3.63, 3.8) is 0 Å². The summed E-state index contributed by atoms with van der Waals surface area (Å²) in [7, 11) is 0. The highest BCUT2D eigenvalue weighted by molar-refractivity contribution is 6.42. The Labute approximate surface area is 91.0 Å². The molecule has 0 bridgehead atoms. The van der Waals surface area contributed by atoms with Crippen molar-refractivity contribution in [3.8, 4) is 11.7 Å². The van der Waals surface area contributed by atoms with E-state index in [0.717, 1.165) is 0 Å². The van der Waals surface area contributed by atoms with Crippen LogP contribution in [0.4, 0.5) is 0 Å². The number of para-hydroxylation sites is 1. The van der Waals surface area contributed by atoms with Gasteiger partial charge in [0, 0.05) is 0 Å². The third-order valence-electron chi connectivity index (χ3n) is 1.56. The van der Waals surface area contributed by atoms with E-state index >= 15 is 0 Å². The minimum atomic E-state index is 0.155. The van der Waals surface area contributed by atoms with Gasteiger partial charge in [-0.25, -0.2) is 0 Å². The van der Waals surface area contributed by atoms with Crippen molar-refractivity contribution < 1.29 is 9.15 Å². The number of rotatable bonds is 2. The first-order valence-corrected chi connectivity index (χ1v) is 4.61. The molecule has 0 aliphatic rings. The van der Waals surface area contributed by atoms with Crippen LogP contribution in [0.3, 0.4) is 0 Å². The Bertz CT molecular complexity index is 423. The maximum atomic E-state index is 5.78. The maximum absolute atomic E-state index is 5.78. The molecule has 0 aliphatic carbocycles. The topological polar surface area (TPSA) is 22.4 Å². The summed E-state index contributed by atoms with van der Waals surface area (Å²) in [6.45, 7) is 0. The molecule has 1 aromatic heterocycles. The van der Waals surface area contributed by atoms with Gasteiger partial charge in [0.15, 0.2) is 6.26 Å². The molecule has 0 unspecified atom stereocenters. The maximum Gasteiger partial charge on any atom is 0.311 e. The van der Waals surface area contributed by atoms with Gasteiger partial charge in [0.2, 0.25) is 0 Å². The van der Waals surface area contributed by atoms with Gasteiger partial charge in [-0.3, -0.25) is 0 Å². The Morgan fingerprint density at radius 1 is 1.14 bits per heavy atom. The average Bonchev–Trinajstić information content (AvgIpc) is 2.52. The lowest BCUT2D eigenvalue weighted by Gasteiger charge is -2.00. The quantitative estimate of drug-likeness (QED) is 0.769. The zero-order chi connectivity index (χ0) is 9.97. The number of benzene rings is 1. The Morgan fingerprint density at radius 2 is 1.86 bits per heavy atom. The standard InChI is InChI=1S/C10H5Cl2O2/c11-8-6-13-10(9(8)12)14-7-4-2-1-3-5-7/h1-5H. The number of furan rings is 1. The van der Waals surface area contributed by atoms with Crippen molar-refractivity contribution in [2.45, 2.75) is 0 Å². The van der Waals surface area contributed by atoms with Crippen LogP contribution < -0.4 is 4.74 Å². The van der Waals surface area contributed by atoms with Crippen molar-refractivity contribution in [1.29, 1.82) is 0 Å². The molecule has 71 valence electrons. The van der Waals surface area contributed by atoms with Gasteiger partial charge < -0.3 is 9.15 Å². The van der Waals surface area contributed by atoms with Crippen molar-refractivity contribution in [2.24, 2.45) is 0 Å². The summed E-state index contributed by atoms with van der Waals surface area (Å²) < 4.78 is 10.2. The predicted molar refractivity (Wildman–Crippen MR) is 54.1 cm³/mol. The van der Waals surface area contributed by atoms with Crippen molar-refractivity contribution in [3.05, 3.63) is 46.6 Å². The van der Waals surface area contributed by atoms with Crippen LogP contribution in [-0.4, -0.2) is 0 Å². The van der Waals surface area contributed by atoms with E-state index < -0.39 is 0 Å². The smallest absolute Gasteiger partial charge is 0.311 e. The molecule has 0 fully saturated rings. The minimum absolute atomic E-state index is 0.155. The molecule has 0 aliphatic heterocycles. The molecule has 0 saturated carbocycles. The lowest BCUT2D eigenvalue weighted by Crippen LogP contribution is -1.80. The first kappa shape index (κ1) is 9.44. The van der Waals surface area contributed by atoms with E-state index in [1.54, 1.807) is 12.1 Å². The number of ether oxygens (including phenoxy) is 1. The molecule has 1 radical (unpaired) electrons. The van der Waals surface area contributed by atoms with Crippen molar-refractivity contribution in [2.75, 3.05) is 0 Å². The summed E-state index contributed by atoms with van der Waals surface area (Å²) in [6.07, 6.45) is 2.39. The molecular formula is C10H5Cl2O2. The normalized spacial score (nSPS) is 10.1. The Morgan fingerprint density at radius 3 is 2.43 bits per heavy atom. The monoisotopic (exact) mass is 227 g/mol. The van der Waals surface area contributed by atoms with E-state index in [2.05, 4.69) is 6.26 Å². The summed E-state index contributed by atoms with van der Waals surface area (Å²) in [6, 6.07) is 9.14. The second-order valence-corrected chi connectivity index (χ2v) is 3.29. The Hall–Kier alpha value is -1.12. The van der Waals surface area contributed by atoms with Crippen LogP contribution in [-0.2, 0) is 0 Å². The van der Waals surface area contributed by atoms with Crippen molar-refractivity contribution >= 4 is 23.2 Å². The third-order valence-corrected chi connectivity index (χ3v) is 2.27. The second-order valence-electron chi connectivity index (χ2n) is 2.53. The molecule has 14 heavy (non-hydrogen) atoms. The van der Waals surface area contributed by atoms with E-state index in [4.69, 9.17) is 32.4 Å². The largest absolute Gasteiger partial charge is 0.425 e. The summed E-state index contributed by atoms with van der Waals surface area (Å²) >= 11 is 11.4. The lowest BCUT2D eigenvalue weighted by atomic mass is 10.3. The zero-order valence-corrected chi connectivity index (χ0v) is 8.47. The molecule has 1 aromatic carbocycles. The van der Waals surface area contributed by atoms with Crippen LogP contribution >= 0.6 is 23.2 Å². The van der Waals surface area contributed by atoms with E-state index in [1.165, 1.54) is 0 Å². The van der Waals surface area contributed by atoms with Crippen LogP contribution in [0.2, 0.25) is 10.0 Å². The summed E-state index contributed by atoms with van der Waals surface area (Å²) in [5, 5.41) is 0.452. The highest BCUT2D eigenvalue weighted by Gasteiger charge is 2.12. The molecule has 0 N–H and O–H groups in total. The Kier molecular flexibility index (Phi) is 2.66. The summed E-state index contributed by atoms with van der Waals surface area (Å²) in [5.41, 5.74) is 0. The molecular weight excluding hydrogens is 223 g/mol. The van der Waals surface area contributed by atoms with E-state index in [1.807, 2.05) is 18.2 Å². The SMILES string of the molecule is Clc1[c]oc(Oc2ccccc2)c1Cl. The first-order chi connectivity index (χ1) is 6.77. The molecule has 1 heterocycles. The van der Waals surface area contributed by atoms with Crippen LogP contribution in [0.1, 0.15) is 0 Å². The van der Waals surface area contributed by atoms with E-state index in [-0.39, 0.29) is 16.0 Å². The number of hydrogen-bond donors (Lipinski definition) is 0. The third kappa shape index (κ3) is 1.86. The van der Waals surface area contributed by atoms with Crippen LogP contribution in [0.25, 0.3) is 0 Å². The number of halogens is 2. The van der Waals surface area contributed by atoms with Crippen LogP contribution in [0.5, 0.6) is 11.7 Å². The molecule has 4 heteroatoms. The molecule has 2 rings (SSSR count). The second kappa shape index (κ2) is 3.95. The summed E-state index contributed by atoms with van der Waals surface area (Å²) in [4.78, 5) is 0. The average molecular weight is 228 g/mol.